The number of nitrogens with one attached hydrogen (secondary N) is 4. The lowest BCUT2D eigenvalue weighted by Gasteiger charge is -2.16. The maximum Gasteiger partial charge on any atom is 0.419 e. The number of aromatic nitrogens is 2. The average molecular weight is 757 g/mol. The maximum absolute atomic E-state index is 14.0. The van der Waals surface area contributed by atoms with Gasteiger partial charge < -0.3 is 30.8 Å². The van der Waals surface area contributed by atoms with Crippen LogP contribution in [-0.2, 0) is 12.4 Å². The standard InChI is InChI=1S/C20H16F4N2O2.C17H11F3N2O4/c1-10(2)11-6-7-15(13(8-11)20(22,23)24)26-19(28)12-9-25-16-5-3-4-14(21)17(16)18(12)27;18-17(19,20)10-5-4-8(6-13(10)24)22-16(26)9-7-21-11-2-1-3-12(23)14(11)15(9)25/h3-10H,1-2H3,(H,25,27)(H,26,28);1-7,23-24H,(H,21,25)(H,22,26). The van der Waals surface area contributed by atoms with E-state index in [9.17, 15) is 60.1 Å². The molecule has 0 saturated carbocycles. The van der Waals surface area contributed by atoms with Crippen LogP contribution in [0.25, 0.3) is 21.8 Å². The summed E-state index contributed by atoms with van der Waals surface area (Å²) < 4.78 is 92.1. The third kappa shape index (κ3) is 8.04. The van der Waals surface area contributed by atoms with Gasteiger partial charge in [-0.3, -0.25) is 19.2 Å². The van der Waals surface area contributed by atoms with Gasteiger partial charge in [-0.25, -0.2) is 4.39 Å². The van der Waals surface area contributed by atoms with Crippen molar-refractivity contribution in [2.45, 2.75) is 32.1 Å². The van der Waals surface area contributed by atoms with E-state index in [-0.39, 0.29) is 39.2 Å². The van der Waals surface area contributed by atoms with E-state index in [1.54, 1.807) is 13.8 Å². The van der Waals surface area contributed by atoms with Gasteiger partial charge in [0.15, 0.2) is 0 Å². The molecule has 4 aromatic carbocycles. The van der Waals surface area contributed by atoms with Crippen LogP contribution in [0.2, 0.25) is 0 Å². The van der Waals surface area contributed by atoms with Gasteiger partial charge in [0.05, 0.1) is 38.6 Å². The first-order valence-corrected chi connectivity index (χ1v) is 15.6. The smallest absolute Gasteiger partial charge is 0.419 e. The summed E-state index contributed by atoms with van der Waals surface area (Å²) in [6.07, 6.45) is -7.26. The normalized spacial score (nSPS) is 11.7. The van der Waals surface area contributed by atoms with E-state index < -0.39 is 69.0 Å². The highest BCUT2D eigenvalue weighted by atomic mass is 19.4. The summed E-state index contributed by atoms with van der Waals surface area (Å²) in [5.74, 6) is -4.31. The number of pyridine rings is 2. The number of anilines is 2. The van der Waals surface area contributed by atoms with Gasteiger partial charge in [0, 0.05) is 24.1 Å². The summed E-state index contributed by atoms with van der Waals surface area (Å²) in [5, 5.41) is 23.2. The van der Waals surface area contributed by atoms with Crippen molar-refractivity contribution in [1.82, 2.24) is 9.97 Å². The molecule has 0 spiro atoms. The van der Waals surface area contributed by atoms with E-state index in [1.807, 2.05) is 0 Å². The zero-order chi connectivity index (χ0) is 39.7. The van der Waals surface area contributed by atoms with Gasteiger partial charge in [-0.2, -0.15) is 26.3 Å². The maximum atomic E-state index is 14.0. The number of hydrogen-bond acceptors (Lipinski definition) is 6. The molecule has 10 nitrogen and oxygen atoms in total. The number of hydrogen-bond donors (Lipinski definition) is 6. The number of amides is 2. The van der Waals surface area contributed by atoms with Crippen LogP contribution in [0.1, 0.15) is 57.2 Å². The molecule has 0 saturated heterocycles. The fourth-order valence-electron chi connectivity index (χ4n) is 5.31. The van der Waals surface area contributed by atoms with Gasteiger partial charge in [0.2, 0.25) is 10.9 Å². The van der Waals surface area contributed by atoms with Gasteiger partial charge in [-0.1, -0.05) is 32.0 Å². The molecule has 0 atom stereocenters. The highest BCUT2D eigenvalue weighted by molar-refractivity contribution is 6.07. The number of halogens is 7. The molecular weight excluding hydrogens is 729 g/mol. The molecule has 6 rings (SSSR count). The van der Waals surface area contributed by atoms with Gasteiger partial charge in [0.1, 0.15) is 28.4 Å². The highest BCUT2D eigenvalue weighted by Gasteiger charge is 2.35. The first kappa shape index (κ1) is 38.6. The molecular formula is C37H27F7N4O6. The van der Waals surface area contributed by atoms with Crippen LogP contribution in [0.4, 0.5) is 42.1 Å². The van der Waals surface area contributed by atoms with Crippen LogP contribution in [0.5, 0.6) is 11.5 Å². The molecule has 0 radical (unpaired) electrons. The molecule has 54 heavy (non-hydrogen) atoms. The molecule has 6 aromatic rings. The van der Waals surface area contributed by atoms with Gasteiger partial charge >= 0.3 is 12.4 Å². The number of rotatable bonds is 5. The van der Waals surface area contributed by atoms with Crippen LogP contribution in [-0.4, -0.2) is 32.0 Å². The minimum Gasteiger partial charge on any atom is -0.507 e. The van der Waals surface area contributed by atoms with Gasteiger partial charge in [-0.05, 0) is 60.0 Å². The highest BCUT2D eigenvalue weighted by Crippen LogP contribution is 2.38. The number of benzene rings is 4. The van der Waals surface area contributed by atoms with Crippen molar-refractivity contribution in [3.8, 4) is 11.5 Å². The molecule has 17 heteroatoms. The Morgan fingerprint density at radius 2 is 1.22 bits per heavy atom. The molecule has 0 aliphatic carbocycles. The summed E-state index contributed by atoms with van der Waals surface area (Å²) in [6, 6.07) is 14.1. The fraction of sp³-hybridized carbons (Fsp3) is 0.135. The predicted molar refractivity (Wildman–Crippen MR) is 185 cm³/mol. The zero-order valence-electron chi connectivity index (χ0n) is 27.8. The van der Waals surface area contributed by atoms with E-state index in [0.717, 1.165) is 42.7 Å². The number of carbonyl (C=O) groups excluding carboxylic acids is 2. The zero-order valence-corrected chi connectivity index (χ0v) is 27.8. The molecule has 0 fully saturated rings. The Kier molecular flexibility index (Phi) is 10.5. The van der Waals surface area contributed by atoms with E-state index >= 15 is 0 Å². The Bertz CT molecular complexity index is 2540. The Hall–Kier alpha value is -6.65. The number of aromatic amines is 2. The lowest BCUT2D eigenvalue weighted by molar-refractivity contribution is -0.139. The molecule has 2 aromatic heterocycles. The molecule has 0 unspecified atom stereocenters. The fourth-order valence-corrected chi connectivity index (χ4v) is 5.31. The number of aromatic hydroxyl groups is 2. The summed E-state index contributed by atoms with van der Waals surface area (Å²) in [4.78, 5) is 54.9. The van der Waals surface area contributed by atoms with E-state index in [1.165, 1.54) is 36.4 Å². The Labute approximate surface area is 298 Å². The molecule has 0 bridgehead atoms. The second-order valence-corrected chi connectivity index (χ2v) is 12.0. The summed E-state index contributed by atoms with van der Waals surface area (Å²) in [5.41, 5.74) is -4.40. The number of phenolic OH excluding ortho intramolecular Hbond substituents is 2. The summed E-state index contributed by atoms with van der Waals surface area (Å²) in [6.45, 7) is 3.49. The number of fused-ring (bicyclic) bond motifs is 2. The lowest BCUT2D eigenvalue weighted by atomic mass is 9.99. The van der Waals surface area contributed by atoms with Crippen molar-refractivity contribution in [3.63, 3.8) is 0 Å². The van der Waals surface area contributed by atoms with Crippen molar-refractivity contribution < 1.29 is 50.5 Å². The molecule has 6 N–H and O–H groups in total. The van der Waals surface area contributed by atoms with E-state index in [2.05, 4.69) is 20.6 Å². The minimum atomic E-state index is -4.74. The van der Waals surface area contributed by atoms with Crippen molar-refractivity contribution in [1.29, 1.82) is 0 Å². The second kappa shape index (κ2) is 14.8. The van der Waals surface area contributed by atoms with Crippen LogP contribution in [0.15, 0.2) is 94.8 Å². The minimum absolute atomic E-state index is 0.0876. The first-order chi connectivity index (χ1) is 25.3. The largest absolute Gasteiger partial charge is 0.507 e. The molecule has 2 amide bonds. The number of phenols is 2. The monoisotopic (exact) mass is 756 g/mol. The Balaban J connectivity index is 0.000000208. The van der Waals surface area contributed by atoms with Crippen LogP contribution < -0.4 is 21.5 Å². The van der Waals surface area contributed by atoms with E-state index in [4.69, 9.17) is 0 Å². The molecule has 2 heterocycles. The first-order valence-electron chi connectivity index (χ1n) is 15.6. The average Bonchev–Trinajstić information content (AvgIpc) is 3.08. The Morgan fingerprint density at radius 3 is 1.80 bits per heavy atom. The van der Waals surface area contributed by atoms with Crippen molar-refractivity contribution in [2.24, 2.45) is 0 Å². The topological polar surface area (TPSA) is 164 Å². The molecule has 280 valence electrons. The quantitative estimate of drug-likeness (QED) is 0.0970. The van der Waals surface area contributed by atoms with Crippen LogP contribution in [0, 0.1) is 5.82 Å². The third-order valence-electron chi connectivity index (χ3n) is 8.06. The number of alkyl halides is 6. The van der Waals surface area contributed by atoms with Gasteiger partial charge in [0.25, 0.3) is 11.8 Å². The third-order valence-corrected chi connectivity index (χ3v) is 8.06. The van der Waals surface area contributed by atoms with Gasteiger partial charge in [-0.15, -0.1) is 0 Å². The van der Waals surface area contributed by atoms with Crippen LogP contribution >= 0.6 is 0 Å². The van der Waals surface area contributed by atoms with Crippen LogP contribution in [0.3, 0.4) is 0 Å². The lowest BCUT2D eigenvalue weighted by Crippen LogP contribution is -2.24. The second-order valence-electron chi connectivity index (χ2n) is 12.0. The van der Waals surface area contributed by atoms with Crippen molar-refractivity contribution in [2.75, 3.05) is 10.6 Å². The predicted octanol–water partition coefficient (Wildman–Crippen LogP) is 8.27. The Morgan fingerprint density at radius 1 is 0.667 bits per heavy atom. The number of carbonyl (C=O) groups is 2. The molecule has 0 aliphatic rings. The summed E-state index contributed by atoms with van der Waals surface area (Å²) >= 11 is 0. The van der Waals surface area contributed by atoms with Crippen molar-refractivity contribution in [3.05, 3.63) is 139 Å². The molecule has 0 aliphatic heterocycles. The van der Waals surface area contributed by atoms with E-state index in [0.29, 0.717) is 17.1 Å². The van der Waals surface area contributed by atoms with Crippen molar-refractivity contribution >= 4 is 45.0 Å². The number of H-pyrrole nitrogens is 2. The summed E-state index contributed by atoms with van der Waals surface area (Å²) in [7, 11) is 0. The SMILES string of the molecule is CC(C)c1ccc(NC(=O)c2c[nH]c3cccc(F)c3c2=O)c(C(F)(F)F)c1.O=C(Nc1ccc(C(F)(F)F)c(O)c1)c1c[nH]c2cccc(O)c2c1=O.